The molecule has 7 heteroatoms. The highest BCUT2D eigenvalue weighted by molar-refractivity contribution is 7.89. The van der Waals surface area contributed by atoms with Crippen LogP contribution in [0.2, 0.25) is 0 Å². The van der Waals surface area contributed by atoms with Crippen LogP contribution in [0.3, 0.4) is 0 Å². The Morgan fingerprint density at radius 2 is 1.90 bits per heavy atom. The van der Waals surface area contributed by atoms with E-state index in [0.717, 1.165) is 12.8 Å². The number of primary sulfonamides is 1. The highest BCUT2D eigenvalue weighted by atomic mass is 32.2. The lowest BCUT2D eigenvalue weighted by atomic mass is 10.2. The molecule has 1 aliphatic rings. The SMILES string of the molecule is CC(C)Oc1ccc(C(=O)N2CCCC2)cc1S(N)(=O)=O. The van der Waals surface area contributed by atoms with Gasteiger partial charge in [0.05, 0.1) is 6.10 Å². The van der Waals surface area contributed by atoms with Crippen LogP contribution in [0.4, 0.5) is 0 Å². The molecule has 0 atom stereocenters. The minimum Gasteiger partial charge on any atom is -0.490 e. The summed E-state index contributed by atoms with van der Waals surface area (Å²) in [6.07, 6.45) is 1.76. The molecule has 1 heterocycles. The zero-order chi connectivity index (χ0) is 15.6. The summed E-state index contributed by atoms with van der Waals surface area (Å²) >= 11 is 0. The third-order valence-corrected chi connectivity index (χ3v) is 4.19. The molecule has 0 radical (unpaired) electrons. The number of hydrogen-bond acceptors (Lipinski definition) is 4. The molecular formula is C14H20N2O4S. The van der Waals surface area contributed by atoms with Crippen LogP contribution in [-0.2, 0) is 10.0 Å². The van der Waals surface area contributed by atoms with Gasteiger partial charge < -0.3 is 9.64 Å². The number of ether oxygens (including phenoxy) is 1. The van der Waals surface area contributed by atoms with Gasteiger partial charge in [0.25, 0.3) is 5.91 Å². The summed E-state index contributed by atoms with van der Waals surface area (Å²) in [6.45, 7) is 4.98. The second-order valence-corrected chi connectivity index (χ2v) is 6.90. The van der Waals surface area contributed by atoms with E-state index in [1.54, 1.807) is 24.8 Å². The minimum absolute atomic E-state index is 0.152. The Balaban J connectivity index is 2.39. The number of carbonyl (C=O) groups is 1. The van der Waals surface area contributed by atoms with E-state index in [4.69, 9.17) is 9.88 Å². The summed E-state index contributed by atoms with van der Waals surface area (Å²) in [4.78, 5) is 13.9. The smallest absolute Gasteiger partial charge is 0.253 e. The molecular weight excluding hydrogens is 292 g/mol. The van der Waals surface area contributed by atoms with Gasteiger partial charge in [0.15, 0.2) is 0 Å². The lowest BCUT2D eigenvalue weighted by Crippen LogP contribution is -2.28. The van der Waals surface area contributed by atoms with Crippen LogP contribution in [0, 0.1) is 0 Å². The van der Waals surface area contributed by atoms with E-state index < -0.39 is 10.0 Å². The number of hydrogen-bond donors (Lipinski definition) is 1. The van der Waals surface area contributed by atoms with Gasteiger partial charge in [0.1, 0.15) is 10.6 Å². The van der Waals surface area contributed by atoms with Crippen LogP contribution in [0.15, 0.2) is 23.1 Å². The average Bonchev–Trinajstić information content (AvgIpc) is 2.90. The van der Waals surface area contributed by atoms with Gasteiger partial charge in [-0.15, -0.1) is 0 Å². The van der Waals surface area contributed by atoms with Crippen LogP contribution in [0.25, 0.3) is 0 Å². The molecule has 1 aromatic carbocycles. The van der Waals surface area contributed by atoms with E-state index in [2.05, 4.69) is 0 Å². The van der Waals surface area contributed by atoms with Crippen molar-refractivity contribution in [1.82, 2.24) is 4.90 Å². The Morgan fingerprint density at radius 1 is 1.29 bits per heavy atom. The highest BCUT2D eigenvalue weighted by Crippen LogP contribution is 2.26. The molecule has 6 nitrogen and oxygen atoms in total. The summed E-state index contributed by atoms with van der Waals surface area (Å²) in [5.74, 6) is -0.000955. The van der Waals surface area contributed by atoms with Crippen LogP contribution in [0.1, 0.15) is 37.0 Å². The maximum atomic E-state index is 12.3. The number of amides is 1. The van der Waals surface area contributed by atoms with Gasteiger partial charge in [-0.25, -0.2) is 13.6 Å². The second kappa shape index (κ2) is 6.03. The first-order chi connectivity index (χ1) is 9.79. The Bertz CT molecular complexity index is 634. The van der Waals surface area contributed by atoms with Crippen LogP contribution in [0.5, 0.6) is 5.75 Å². The monoisotopic (exact) mass is 312 g/mol. The van der Waals surface area contributed by atoms with Gasteiger partial charge in [0, 0.05) is 18.7 Å². The molecule has 116 valence electrons. The molecule has 1 fully saturated rings. The zero-order valence-corrected chi connectivity index (χ0v) is 13.0. The molecule has 0 unspecified atom stereocenters. The first kappa shape index (κ1) is 15.8. The maximum Gasteiger partial charge on any atom is 0.253 e. The number of sulfonamides is 1. The fraction of sp³-hybridized carbons (Fsp3) is 0.500. The number of rotatable bonds is 4. The predicted molar refractivity (Wildman–Crippen MR) is 78.7 cm³/mol. The molecule has 1 amide bonds. The molecule has 2 rings (SSSR count). The Labute approximate surface area is 124 Å². The molecule has 2 N–H and O–H groups in total. The molecule has 0 spiro atoms. The largest absolute Gasteiger partial charge is 0.490 e. The van der Waals surface area contributed by atoms with Gasteiger partial charge in [-0.2, -0.15) is 0 Å². The standard InChI is InChI=1S/C14H20N2O4S/c1-10(2)20-12-6-5-11(9-13(12)21(15,18)19)14(17)16-7-3-4-8-16/h5-6,9-10H,3-4,7-8H2,1-2H3,(H2,15,18,19). The van der Waals surface area contributed by atoms with E-state index in [9.17, 15) is 13.2 Å². The summed E-state index contributed by atoms with van der Waals surface area (Å²) in [6, 6.07) is 4.36. The number of carbonyl (C=O) groups excluding carboxylic acids is 1. The summed E-state index contributed by atoms with van der Waals surface area (Å²) < 4.78 is 28.9. The quantitative estimate of drug-likeness (QED) is 0.909. The molecule has 1 saturated heterocycles. The van der Waals surface area contributed by atoms with Crippen molar-refractivity contribution in [2.75, 3.05) is 13.1 Å². The van der Waals surface area contributed by atoms with Crippen molar-refractivity contribution in [3.63, 3.8) is 0 Å². The molecule has 0 aromatic heterocycles. The molecule has 1 aliphatic heterocycles. The Morgan fingerprint density at radius 3 is 2.43 bits per heavy atom. The highest BCUT2D eigenvalue weighted by Gasteiger charge is 2.23. The number of benzene rings is 1. The third kappa shape index (κ3) is 3.74. The van der Waals surface area contributed by atoms with E-state index in [1.807, 2.05) is 0 Å². The van der Waals surface area contributed by atoms with Crippen molar-refractivity contribution in [3.8, 4) is 5.75 Å². The first-order valence-electron chi connectivity index (χ1n) is 6.92. The summed E-state index contributed by atoms with van der Waals surface area (Å²) in [5.41, 5.74) is 0.317. The van der Waals surface area contributed by atoms with Gasteiger partial charge in [-0.1, -0.05) is 0 Å². The van der Waals surface area contributed by atoms with E-state index >= 15 is 0 Å². The lowest BCUT2D eigenvalue weighted by Gasteiger charge is -2.17. The Hall–Kier alpha value is -1.60. The van der Waals surface area contributed by atoms with Crippen molar-refractivity contribution in [3.05, 3.63) is 23.8 Å². The number of likely N-dealkylation sites (tertiary alicyclic amines) is 1. The van der Waals surface area contributed by atoms with Crippen molar-refractivity contribution >= 4 is 15.9 Å². The lowest BCUT2D eigenvalue weighted by molar-refractivity contribution is 0.0792. The van der Waals surface area contributed by atoms with Crippen LogP contribution < -0.4 is 9.88 Å². The van der Waals surface area contributed by atoms with Gasteiger partial charge in [-0.3, -0.25) is 4.79 Å². The van der Waals surface area contributed by atoms with Crippen LogP contribution >= 0.6 is 0 Å². The second-order valence-electron chi connectivity index (χ2n) is 5.37. The fourth-order valence-corrected chi connectivity index (χ4v) is 3.01. The van der Waals surface area contributed by atoms with E-state index in [1.165, 1.54) is 12.1 Å². The van der Waals surface area contributed by atoms with Crippen molar-refractivity contribution < 1.29 is 17.9 Å². The molecule has 0 saturated carbocycles. The maximum absolute atomic E-state index is 12.3. The van der Waals surface area contributed by atoms with Crippen LogP contribution in [-0.4, -0.2) is 38.4 Å². The number of nitrogens with zero attached hydrogens (tertiary/aromatic N) is 1. The predicted octanol–water partition coefficient (Wildman–Crippen LogP) is 1.36. The minimum atomic E-state index is -3.95. The normalized spacial score (nSPS) is 15.5. The van der Waals surface area contributed by atoms with Crippen molar-refractivity contribution in [1.29, 1.82) is 0 Å². The van der Waals surface area contributed by atoms with Gasteiger partial charge in [-0.05, 0) is 44.9 Å². The van der Waals surface area contributed by atoms with Crippen molar-refractivity contribution in [2.45, 2.75) is 37.7 Å². The molecule has 1 aromatic rings. The van der Waals surface area contributed by atoms with Gasteiger partial charge in [0.2, 0.25) is 10.0 Å². The molecule has 21 heavy (non-hydrogen) atoms. The van der Waals surface area contributed by atoms with E-state index in [-0.39, 0.29) is 22.7 Å². The summed E-state index contributed by atoms with van der Waals surface area (Å²) in [7, 11) is -3.95. The molecule has 0 bridgehead atoms. The summed E-state index contributed by atoms with van der Waals surface area (Å²) in [5, 5.41) is 5.22. The zero-order valence-electron chi connectivity index (χ0n) is 12.2. The molecule has 0 aliphatic carbocycles. The first-order valence-corrected chi connectivity index (χ1v) is 8.46. The van der Waals surface area contributed by atoms with Gasteiger partial charge >= 0.3 is 0 Å². The number of nitrogens with two attached hydrogens (primary N) is 1. The van der Waals surface area contributed by atoms with Crippen molar-refractivity contribution in [2.24, 2.45) is 5.14 Å². The van der Waals surface area contributed by atoms with E-state index in [0.29, 0.717) is 18.7 Å². The topological polar surface area (TPSA) is 89.7 Å². The average molecular weight is 312 g/mol. The Kier molecular flexibility index (Phi) is 4.53. The third-order valence-electron chi connectivity index (χ3n) is 3.25. The fourth-order valence-electron chi connectivity index (χ4n) is 2.32.